The second kappa shape index (κ2) is 12.3. The summed E-state index contributed by atoms with van der Waals surface area (Å²) in [5, 5.41) is 11.9. The molecule has 2 amide bonds. The minimum absolute atomic E-state index is 0.112. The highest BCUT2D eigenvalue weighted by Gasteiger charge is 2.19. The van der Waals surface area contributed by atoms with Crippen LogP contribution in [-0.2, 0) is 20.8 Å². The fourth-order valence-electron chi connectivity index (χ4n) is 3.18. The van der Waals surface area contributed by atoms with E-state index >= 15 is 0 Å². The number of aliphatic carboxylic acids is 1. The maximum Gasteiger partial charge on any atom is 0.305 e. The van der Waals surface area contributed by atoms with E-state index in [1.807, 2.05) is 54.4 Å². The zero-order valence-corrected chi connectivity index (χ0v) is 18.0. The maximum absolute atomic E-state index is 12.4. The summed E-state index contributed by atoms with van der Waals surface area (Å²) in [7, 11) is 3.46. The van der Waals surface area contributed by atoms with Gasteiger partial charge in [0.05, 0.1) is 13.0 Å². The van der Waals surface area contributed by atoms with Crippen molar-refractivity contribution in [2.45, 2.75) is 31.7 Å². The summed E-state index contributed by atoms with van der Waals surface area (Å²) in [6, 6.07) is 12.9. The van der Waals surface area contributed by atoms with Crippen LogP contribution in [0.3, 0.4) is 0 Å². The summed E-state index contributed by atoms with van der Waals surface area (Å²) in [6.07, 6.45) is 4.65. The SMILES string of the molecule is CN(CC(=O)NC(CCc1ccccc1)CC(=O)O)C(=O)CCN(C)c1ccncc1. The van der Waals surface area contributed by atoms with Gasteiger partial charge in [0, 0.05) is 51.2 Å². The number of pyridine rings is 1. The first-order valence-corrected chi connectivity index (χ1v) is 10.3. The molecule has 2 N–H and O–H groups in total. The molecule has 2 rings (SSSR count). The first kappa shape index (κ1) is 23.9. The fourth-order valence-corrected chi connectivity index (χ4v) is 3.18. The molecule has 31 heavy (non-hydrogen) atoms. The van der Waals surface area contributed by atoms with Crippen LogP contribution in [0.2, 0.25) is 0 Å². The van der Waals surface area contributed by atoms with Crippen molar-refractivity contribution in [2.24, 2.45) is 0 Å². The van der Waals surface area contributed by atoms with Gasteiger partial charge in [0.15, 0.2) is 0 Å². The lowest BCUT2D eigenvalue weighted by Crippen LogP contribution is -2.44. The molecular formula is C23H30N4O4. The minimum Gasteiger partial charge on any atom is -0.481 e. The first-order chi connectivity index (χ1) is 14.8. The number of carboxylic acids is 1. The number of likely N-dealkylation sites (N-methyl/N-ethyl adjacent to an activating group) is 1. The van der Waals surface area contributed by atoms with E-state index in [9.17, 15) is 14.4 Å². The molecule has 2 aromatic rings. The van der Waals surface area contributed by atoms with Gasteiger partial charge in [-0.05, 0) is 30.5 Å². The average molecular weight is 427 g/mol. The van der Waals surface area contributed by atoms with Crippen molar-refractivity contribution in [3.05, 3.63) is 60.4 Å². The second-order valence-electron chi connectivity index (χ2n) is 7.51. The smallest absolute Gasteiger partial charge is 0.305 e. The summed E-state index contributed by atoms with van der Waals surface area (Å²) in [4.78, 5) is 43.3. The molecule has 1 heterocycles. The van der Waals surface area contributed by atoms with E-state index in [4.69, 9.17) is 5.11 Å². The van der Waals surface area contributed by atoms with Crippen LogP contribution < -0.4 is 10.2 Å². The molecule has 166 valence electrons. The number of carbonyl (C=O) groups excluding carboxylic acids is 2. The topological polar surface area (TPSA) is 103 Å². The number of nitrogens with one attached hydrogen (secondary N) is 1. The average Bonchev–Trinajstić information content (AvgIpc) is 2.76. The Morgan fingerprint density at radius 1 is 1.06 bits per heavy atom. The van der Waals surface area contributed by atoms with Crippen molar-refractivity contribution >= 4 is 23.5 Å². The van der Waals surface area contributed by atoms with Gasteiger partial charge < -0.3 is 20.2 Å². The Morgan fingerprint density at radius 2 is 1.74 bits per heavy atom. The molecule has 0 spiro atoms. The number of anilines is 1. The molecule has 0 aliphatic rings. The summed E-state index contributed by atoms with van der Waals surface area (Å²) in [6.45, 7) is 0.396. The van der Waals surface area contributed by atoms with E-state index in [1.54, 1.807) is 19.4 Å². The van der Waals surface area contributed by atoms with Crippen LogP contribution in [0.15, 0.2) is 54.9 Å². The van der Waals surface area contributed by atoms with Gasteiger partial charge in [-0.1, -0.05) is 30.3 Å². The molecule has 0 radical (unpaired) electrons. The molecule has 0 saturated carbocycles. The molecule has 1 atom stereocenters. The summed E-state index contributed by atoms with van der Waals surface area (Å²) >= 11 is 0. The van der Waals surface area contributed by atoms with Gasteiger partial charge >= 0.3 is 5.97 Å². The third-order valence-corrected chi connectivity index (χ3v) is 4.98. The van der Waals surface area contributed by atoms with Crippen LogP contribution in [0, 0.1) is 0 Å². The second-order valence-corrected chi connectivity index (χ2v) is 7.51. The number of benzene rings is 1. The molecule has 0 aliphatic carbocycles. The maximum atomic E-state index is 12.4. The first-order valence-electron chi connectivity index (χ1n) is 10.3. The third kappa shape index (κ3) is 8.86. The van der Waals surface area contributed by atoms with Gasteiger partial charge in [0.1, 0.15) is 0 Å². The lowest BCUT2D eigenvalue weighted by atomic mass is 10.0. The summed E-state index contributed by atoms with van der Waals surface area (Å²) in [5.41, 5.74) is 2.04. The van der Waals surface area contributed by atoms with E-state index < -0.39 is 12.0 Å². The van der Waals surface area contributed by atoms with Crippen molar-refractivity contribution in [1.82, 2.24) is 15.2 Å². The molecular weight excluding hydrogens is 396 g/mol. The molecule has 8 heteroatoms. The molecule has 0 bridgehead atoms. The lowest BCUT2D eigenvalue weighted by molar-refractivity contribution is -0.138. The Labute approximate surface area is 182 Å². The Balaban J connectivity index is 1.80. The highest BCUT2D eigenvalue weighted by Crippen LogP contribution is 2.10. The molecule has 0 aliphatic heterocycles. The van der Waals surface area contributed by atoms with E-state index in [-0.39, 0.29) is 31.2 Å². The fraction of sp³-hybridized carbons (Fsp3) is 0.391. The number of carboxylic acid groups (broad SMARTS) is 1. The molecule has 0 saturated heterocycles. The van der Waals surface area contributed by atoms with Crippen molar-refractivity contribution in [2.75, 3.05) is 32.1 Å². The Bertz CT molecular complexity index is 845. The Morgan fingerprint density at radius 3 is 2.39 bits per heavy atom. The number of aromatic nitrogens is 1. The number of rotatable bonds is 12. The number of hydrogen-bond donors (Lipinski definition) is 2. The van der Waals surface area contributed by atoms with E-state index in [0.29, 0.717) is 19.4 Å². The zero-order chi connectivity index (χ0) is 22.6. The van der Waals surface area contributed by atoms with Gasteiger partial charge in [-0.2, -0.15) is 0 Å². The molecule has 1 aromatic heterocycles. The number of hydrogen-bond acceptors (Lipinski definition) is 5. The predicted octanol–water partition coefficient (Wildman–Crippen LogP) is 1.96. The normalized spacial score (nSPS) is 11.4. The van der Waals surface area contributed by atoms with Gasteiger partial charge in [0.2, 0.25) is 11.8 Å². The zero-order valence-electron chi connectivity index (χ0n) is 18.0. The van der Waals surface area contributed by atoms with Crippen LogP contribution in [0.25, 0.3) is 0 Å². The number of aryl methyl sites for hydroxylation is 1. The molecule has 0 fully saturated rings. The number of carbonyl (C=O) groups is 3. The van der Waals surface area contributed by atoms with E-state index in [1.165, 1.54) is 4.90 Å². The quantitative estimate of drug-likeness (QED) is 0.538. The minimum atomic E-state index is -0.970. The highest BCUT2D eigenvalue weighted by atomic mass is 16.4. The Kier molecular flexibility index (Phi) is 9.48. The van der Waals surface area contributed by atoms with Gasteiger partial charge in [0.25, 0.3) is 0 Å². The molecule has 1 unspecified atom stereocenters. The van der Waals surface area contributed by atoms with E-state index in [2.05, 4.69) is 10.3 Å². The lowest BCUT2D eigenvalue weighted by Gasteiger charge is -2.23. The van der Waals surface area contributed by atoms with Crippen LogP contribution in [0.4, 0.5) is 5.69 Å². The van der Waals surface area contributed by atoms with Gasteiger partial charge in [-0.15, -0.1) is 0 Å². The van der Waals surface area contributed by atoms with Crippen molar-refractivity contribution in [1.29, 1.82) is 0 Å². The van der Waals surface area contributed by atoms with Crippen LogP contribution in [-0.4, -0.2) is 66.0 Å². The van der Waals surface area contributed by atoms with Crippen molar-refractivity contribution in [3.63, 3.8) is 0 Å². The van der Waals surface area contributed by atoms with Crippen molar-refractivity contribution < 1.29 is 19.5 Å². The van der Waals surface area contributed by atoms with Crippen molar-refractivity contribution in [3.8, 4) is 0 Å². The number of nitrogens with zero attached hydrogens (tertiary/aromatic N) is 3. The van der Waals surface area contributed by atoms with E-state index in [0.717, 1.165) is 11.3 Å². The number of amides is 2. The summed E-state index contributed by atoms with van der Waals surface area (Å²) in [5.74, 6) is -1.49. The largest absolute Gasteiger partial charge is 0.481 e. The van der Waals surface area contributed by atoms with Gasteiger partial charge in [-0.25, -0.2) is 0 Å². The van der Waals surface area contributed by atoms with Crippen LogP contribution >= 0.6 is 0 Å². The summed E-state index contributed by atoms with van der Waals surface area (Å²) < 4.78 is 0. The third-order valence-electron chi connectivity index (χ3n) is 4.98. The monoisotopic (exact) mass is 426 g/mol. The van der Waals surface area contributed by atoms with Crippen LogP contribution in [0.1, 0.15) is 24.8 Å². The highest BCUT2D eigenvalue weighted by molar-refractivity contribution is 5.85. The molecule has 1 aromatic carbocycles. The molecule has 8 nitrogen and oxygen atoms in total. The predicted molar refractivity (Wildman–Crippen MR) is 119 cm³/mol. The van der Waals surface area contributed by atoms with Crippen LogP contribution in [0.5, 0.6) is 0 Å². The Hall–Kier alpha value is -3.42. The van der Waals surface area contributed by atoms with Gasteiger partial charge in [-0.3, -0.25) is 19.4 Å². The standard InChI is InChI=1S/C23H30N4O4/c1-26(20-10-13-24-14-11-20)15-12-22(29)27(2)17-21(28)25-19(16-23(30)31)9-8-18-6-4-3-5-7-18/h3-7,10-11,13-14,19H,8-9,12,15-17H2,1-2H3,(H,25,28)(H,30,31).